The third-order valence-electron chi connectivity index (χ3n) is 4.62. The van der Waals surface area contributed by atoms with Gasteiger partial charge in [0.15, 0.2) is 0 Å². The number of halogens is 1. The highest BCUT2D eigenvalue weighted by Crippen LogP contribution is 2.30. The minimum absolute atomic E-state index is 0.0833. The van der Waals surface area contributed by atoms with Gasteiger partial charge < -0.3 is 4.90 Å². The Balaban J connectivity index is 1.62. The number of rotatable bonds is 4. The number of nitrogens with zero attached hydrogens (tertiary/aromatic N) is 2. The summed E-state index contributed by atoms with van der Waals surface area (Å²) in [6.45, 7) is 2.73. The molecular weight excluding hydrogens is 332 g/mol. The summed E-state index contributed by atoms with van der Waals surface area (Å²) >= 11 is 5.94. The van der Waals surface area contributed by atoms with Crippen molar-refractivity contribution in [3.8, 4) is 0 Å². The molecular formula is C21H19ClN2O. The summed E-state index contributed by atoms with van der Waals surface area (Å²) in [5.41, 5.74) is 3.91. The fourth-order valence-corrected chi connectivity index (χ4v) is 3.20. The molecule has 1 aromatic heterocycles. The maximum atomic E-state index is 13.1. The van der Waals surface area contributed by atoms with Gasteiger partial charge in [-0.2, -0.15) is 0 Å². The number of amides is 1. The second kappa shape index (κ2) is 6.49. The second-order valence-electron chi connectivity index (χ2n) is 6.69. The number of carbonyl (C=O) groups excluding carboxylic acids is 1. The van der Waals surface area contributed by atoms with Crippen LogP contribution < -0.4 is 0 Å². The Labute approximate surface area is 152 Å². The molecule has 1 aliphatic rings. The number of aromatic nitrogens is 1. The van der Waals surface area contributed by atoms with E-state index in [1.165, 1.54) is 11.1 Å². The molecule has 2 aromatic carbocycles. The molecule has 0 aliphatic heterocycles. The fraction of sp³-hybridized carbons (Fsp3) is 0.238. The normalized spacial score (nSPS) is 13.8. The maximum Gasteiger partial charge on any atom is 0.254 e. The second-order valence-corrected chi connectivity index (χ2v) is 7.08. The van der Waals surface area contributed by atoms with Gasteiger partial charge in [-0.3, -0.25) is 4.79 Å². The highest BCUT2D eigenvalue weighted by atomic mass is 35.5. The van der Waals surface area contributed by atoms with Crippen molar-refractivity contribution in [1.29, 1.82) is 0 Å². The van der Waals surface area contributed by atoms with Crippen molar-refractivity contribution in [2.45, 2.75) is 32.4 Å². The van der Waals surface area contributed by atoms with Crippen LogP contribution >= 0.6 is 11.6 Å². The number of benzene rings is 2. The molecule has 0 spiro atoms. The van der Waals surface area contributed by atoms with E-state index in [1.807, 2.05) is 29.2 Å². The zero-order valence-electron chi connectivity index (χ0n) is 14.1. The fourth-order valence-electron chi connectivity index (χ4n) is 3.04. The smallest absolute Gasteiger partial charge is 0.254 e. The summed E-state index contributed by atoms with van der Waals surface area (Å²) in [5, 5.41) is 1.40. The summed E-state index contributed by atoms with van der Waals surface area (Å²) in [5.74, 6) is 0.0833. The van der Waals surface area contributed by atoms with Gasteiger partial charge >= 0.3 is 0 Å². The van der Waals surface area contributed by atoms with Crippen LogP contribution in [-0.2, 0) is 6.54 Å². The van der Waals surface area contributed by atoms with E-state index in [0.29, 0.717) is 23.3 Å². The Morgan fingerprint density at radius 2 is 1.88 bits per heavy atom. The maximum absolute atomic E-state index is 13.1. The summed E-state index contributed by atoms with van der Waals surface area (Å²) < 4.78 is 0. The number of carbonyl (C=O) groups is 1. The van der Waals surface area contributed by atoms with E-state index in [1.54, 1.807) is 6.07 Å². The number of hydrogen-bond donors (Lipinski definition) is 0. The van der Waals surface area contributed by atoms with Gasteiger partial charge in [-0.25, -0.2) is 4.98 Å². The van der Waals surface area contributed by atoms with Crippen molar-refractivity contribution in [2.75, 3.05) is 0 Å². The van der Waals surface area contributed by atoms with Crippen molar-refractivity contribution in [3.05, 3.63) is 76.4 Å². The molecule has 1 amide bonds. The van der Waals surface area contributed by atoms with Gasteiger partial charge in [-0.15, -0.1) is 0 Å². The number of hydrogen-bond acceptors (Lipinski definition) is 2. The van der Waals surface area contributed by atoms with Crippen LogP contribution in [0.4, 0.5) is 0 Å². The van der Waals surface area contributed by atoms with Gasteiger partial charge in [0, 0.05) is 23.5 Å². The lowest BCUT2D eigenvalue weighted by atomic mass is 10.1. The Morgan fingerprint density at radius 1 is 1.12 bits per heavy atom. The Hall–Kier alpha value is -2.39. The first kappa shape index (κ1) is 16.1. The van der Waals surface area contributed by atoms with Crippen LogP contribution in [0.15, 0.2) is 54.6 Å². The molecule has 0 N–H and O–H groups in total. The molecule has 3 nitrogen and oxygen atoms in total. The van der Waals surface area contributed by atoms with E-state index >= 15 is 0 Å². The van der Waals surface area contributed by atoms with Crippen LogP contribution in [0, 0.1) is 6.92 Å². The largest absolute Gasteiger partial charge is 0.331 e. The van der Waals surface area contributed by atoms with E-state index in [9.17, 15) is 4.79 Å². The van der Waals surface area contributed by atoms with Crippen LogP contribution in [0.1, 0.15) is 34.3 Å². The first-order valence-electron chi connectivity index (χ1n) is 8.53. The van der Waals surface area contributed by atoms with Gasteiger partial charge in [-0.05, 0) is 55.7 Å². The molecule has 4 rings (SSSR count). The van der Waals surface area contributed by atoms with Crippen molar-refractivity contribution in [3.63, 3.8) is 0 Å². The van der Waals surface area contributed by atoms with Crippen LogP contribution in [0.5, 0.6) is 0 Å². The third kappa shape index (κ3) is 3.52. The van der Waals surface area contributed by atoms with E-state index in [4.69, 9.17) is 11.6 Å². The lowest BCUT2D eigenvalue weighted by molar-refractivity contribution is 0.0730. The molecule has 0 radical (unpaired) electrons. The molecule has 1 saturated carbocycles. The van der Waals surface area contributed by atoms with Crippen molar-refractivity contribution >= 4 is 28.4 Å². The lowest BCUT2D eigenvalue weighted by Crippen LogP contribution is -2.32. The topological polar surface area (TPSA) is 33.2 Å². The zero-order chi connectivity index (χ0) is 17.4. The van der Waals surface area contributed by atoms with Gasteiger partial charge in [0.1, 0.15) is 5.15 Å². The van der Waals surface area contributed by atoms with Gasteiger partial charge in [0.25, 0.3) is 5.91 Å². The molecule has 0 bridgehead atoms. The highest BCUT2D eigenvalue weighted by molar-refractivity contribution is 6.29. The minimum atomic E-state index is 0.0833. The first-order valence-corrected chi connectivity index (χ1v) is 8.91. The molecule has 1 heterocycles. The van der Waals surface area contributed by atoms with E-state index in [-0.39, 0.29) is 5.91 Å². The molecule has 126 valence electrons. The first-order chi connectivity index (χ1) is 12.1. The van der Waals surface area contributed by atoms with E-state index < -0.39 is 0 Å². The number of fused-ring (bicyclic) bond motifs is 1. The SMILES string of the molecule is Cc1ccc(CN(C(=O)c2ccc3nc(Cl)ccc3c2)C2CC2)cc1. The molecule has 1 aliphatic carbocycles. The highest BCUT2D eigenvalue weighted by Gasteiger charge is 2.33. The summed E-state index contributed by atoms with van der Waals surface area (Å²) in [6.07, 6.45) is 2.17. The summed E-state index contributed by atoms with van der Waals surface area (Å²) in [4.78, 5) is 19.4. The Kier molecular flexibility index (Phi) is 4.18. The third-order valence-corrected chi connectivity index (χ3v) is 4.83. The minimum Gasteiger partial charge on any atom is -0.331 e. The molecule has 25 heavy (non-hydrogen) atoms. The molecule has 3 aromatic rings. The van der Waals surface area contributed by atoms with Crippen LogP contribution in [0.25, 0.3) is 10.9 Å². The van der Waals surface area contributed by atoms with Gasteiger partial charge in [0.2, 0.25) is 0 Å². The molecule has 0 atom stereocenters. The average Bonchev–Trinajstić information content (AvgIpc) is 3.45. The monoisotopic (exact) mass is 350 g/mol. The summed E-state index contributed by atoms with van der Waals surface area (Å²) in [6, 6.07) is 18.0. The predicted molar refractivity (Wildman–Crippen MR) is 101 cm³/mol. The predicted octanol–water partition coefficient (Wildman–Crippen LogP) is 5.00. The number of pyridine rings is 1. The molecule has 0 unspecified atom stereocenters. The van der Waals surface area contributed by atoms with Crippen molar-refractivity contribution < 1.29 is 4.79 Å². The van der Waals surface area contributed by atoms with Crippen LogP contribution in [-0.4, -0.2) is 21.8 Å². The quantitative estimate of drug-likeness (QED) is 0.620. The van der Waals surface area contributed by atoms with Crippen molar-refractivity contribution in [1.82, 2.24) is 9.88 Å². The standard InChI is InChI=1S/C21H19ClN2O/c1-14-2-4-15(5-3-14)13-24(18-8-9-18)21(25)17-6-10-19-16(12-17)7-11-20(22)23-19/h2-7,10-12,18H,8-9,13H2,1H3. The average molecular weight is 351 g/mol. The van der Waals surface area contributed by atoms with Crippen LogP contribution in [0.3, 0.4) is 0 Å². The number of aryl methyl sites for hydroxylation is 1. The Morgan fingerprint density at radius 3 is 2.60 bits per heavy atom. The van der Waals surface area contributed by atoms with Crippen LogP contribution in [0.2, 0.25) is 5.15 Å². The zero-order valence-corrected chi connectivity index (χ0v) is 14.8. The van der Waals surface area contributed by atoms with Gasteiger partial charge in [0.05, 0.1) is 5.52 Å². The Bertz CT molecular complexity index is 932. The summed E-state index contributed by atoms with van der Waals surface area (Å²) in [7, 11) is 0. The lowest BCUT2D eigenvalue weighted by Gasteiger charge is -2.23. The molecule has 0 saturated heterocycles. The van der Waals surface area contributed by atoms with E-state index in [2.05, 4.69) is 36.2 Å². The van der Waals surface area contributed by atoms with E-state index in [0.717, 1.165) is 23.7 Å². The molecule has 4 heteroatoms. The van der Waals surface area contributed by atoms with Gasteiger partial charge in [-0.1, -0.05) is 41.4 Å². The van der Waals surface area contributed by atoms with Crippen molar-refractivity contribution in [2.24, 2.45) is 0 Å². The molecule has 1 fully saturated rings.